The minimum absolute atomic E-state index is 0. The molecule has 0 saturated heterocycles. The molecule has 5 rings (SSSR count). The smallest absolute Gasteiger partial charge is 0.477 e. The second-order valence-electron chi connectivity index (χ2n) is 7.54. The largest absolute Gasteiger partial charge is 3.00 e. The van der Waals surface area contributed by atoms with Crippen molar-refractivity contribution in [2.24, 2.45) is 0 Å². The maximum Gasteiger partial charge on any atom is 3.00 e. The second kappa shape index (κ2) is 15.2. The number of benzene rings is 2. The SMILES string of the molecule is Fc1c[c-]c(Cn2cccn2)c(F)c1.O=C(O)c1ccccn1.[CH2-][n+]1cccn1Cc1[c-]cc(F)cc1F.[Ir+3]. The van der Waals surface area contributed by atoms with Crippen LogP contribution in [0.2, 0.25) is 0 Å². The predicted molar refractivity (Wildman–Crippen MR) is 127 cm³/mol. The first-order valence-corrected chi connectivity index (χ1v) is 10.9. The molecule has 0 bridgehead atoms. The van der Waals surface area contributed by atoms with Crippen LogP contribution in [0.1, 0.15) is 21.6 Å². The van der Waals surface area contributed by atoms with Gasteiger partial charge in [-0.05, 0) is 18.2 Å². The van der Waals surface area contributed by atoms with Gasteiger partial charge in [0, 0.05) is 61.6 Å². The van der Waals surface area contributed by atoms with Crippen molar-refractivity contribution >= 4 is 5.97 Å². The van der Waals surface area contributed by atoms with Gasteiger partial charge in [0.25, 0.3) is 0 Å². The molecular formula is C27H21F4IrN5O2+. The van der Waals surface area contributed by atoms with Gasteiger partial charge in [-0.2, -0.15) is 21.9 Å². The summed E-state index contributed by atoms with van der Waals surface area (Å²) in [4.78, 5) is 13.7. The van der Waals surface area contributed by atoms with Gasteiger partial charge in [0.05, 0.1) is 12.7 Å². The predicted octanol–water partition coefficient (Wildman–Crippen LogP) is 4.33. The molecule has 202 valence electrons. The number of carboxylic acid groups (broad SMARTS) is 1. The molecular weight excluding hydrogens is 695 g/mol. The molecule has 0 spiro atoms. The van der Waals surface area contributed by atoms with E-state index < -0.39 is 29.2 Å². The van der Waals surface area contributed by atoms with Crippen LogP contribution in [0, 0.1) is 42.4 Å². The topological polar surface area (TPSA) is 76.8 Å². The summed E-state index contributed by atoms with van der Waals surface area (Å²) in [6.45, 7) is 0.543. The standard InChI is InChI=1S/C11H9F2N2.C10H7F2N2.C6H5NO2.Ir/c1-14-5-2-6-15(14)8-9-3-4-10(12)7-11(9)13;11-9-3-2-8(10(12)6-9)7-14-5-1-4-13-14;8-6(9)5-3-1-2-4-7-5;/h2,4-7H,1,8H2;1,3-6H,7H2;1-4H,(H,8,9);/q2*-1;;+3. The minimum atomic E-state index is -0.990. The molecule has 3 aromatic heterocycles. The third kappa shape index (κ3) is 9.84. The number of carbonyl (C=O) groups is 1. The Kier molecular flexibility index (Phi) is 12.1. The number of aromatic carboxylic acids is 1. The van der Waals surface area contributed by atoms with Crippen molar-refractivity contribution in [3.8, 4) is 0 Å². The fourth-order valence-corrected chi connectivity index (χ4v) is 2.95. The summed E-state index contributed by atoms with van der Waals surface area (Å²) in [6, 6.07) is 17.3. The van der Waals surface area contributed by atoms with Crippen molar-refractivity contribution < 1.29 is 52.2 Å². The van der Waals surface area contributed by atoms with Crippen molar-refractivity contribution in [2.75, 3.05) is 0 Å². The average molecular weight is 716 g/mol. The number of aromatic nitrogens is 5. The zero-order chi connectivity index (χ0) is 27.5. The fraction of sp³-hybridized carbons (Fsp3) is 0.0741. The number of rotatable bonds is 5. The van der Waals surface area contributed by atoms with E-state index in [0.717, 1.165) is 24.3 Å². The normalized spacial score (nSPS) is 9.85. The Hall–Kier alpha value is -4.28. The third-order valence-corrected chi connectivity index (χ3v) is 4.80. The van der Waals surface area contributed by atoms with Gasteiger partial charge in [-0.3, -0.25) is 22.2 Å². The van der Waals surface area contributed by atoms with E-state index in [-0.39, 0.29) is 38.9 Å². The van der Waals surface area contributed by atoms with Crippen molar-refractivity contribution in [3.63, 3.8) is 0 Å². The van der Waals surface area contributed by atoms with E-state index in [1.807, 2.05) is 0 Å². The zero-order valence-electron chi connectivity index (χ0n) is 20.1. The summed E-state index contributed by atoms with van der Waals surface area (Å²) < 4.78 is 56.3. The molecule has 1 N–H and O–H groups in total. The molecule has 12 heteroatoms. The van der Waals surface area contributed by atoms with Crippen LogP contribution in [0.4, 0.5) is 17.6 Å². The number of hydrogen-bond acceptors (Lipinski definition) is 3. The van der Waals surface area contributed by atoms with Gasteiger partial charge in [0.2, 0.25) is 0 Å². The van der Waals surface area contributed by atoms with E-state index in [1.54, 1.807) is 63.1 Å². The third-order valence-electron chi connectivity index (χ3n) is 4.80. The van der Waals surface area contributed by atoms with Crippen LogP contribution in [0.5, 0.6) is 0 Å². The van der Waals surface area contributed by atoms with Gasteiger partial charge >= 0.3 is 26.1 Å². The van der Waals surface area contributed by atoms with Crippen molar-refractivity contribution in [1.82, 2.24) is 19.4 Å². The second-order valence-corrected chi connectivity index (χ2v) is 7.54. The van der Waals surface area contributed by atoms with E-state index in [1.165, 1.54) is 12.3 Å². The Morgan fingerprint density at radius 3 is 2.00 bits per heavy atom. The summed E-state index contributed by atoms with van der Waals surface area (Å²) in [7, 11) is 3.69. The molecule has 2 aromatic carbocycles. The Labute approximate surface area is 235 Å². The van der Waals surface area contributed by atoms with Crippen LogP contribution >= 0.6 is 0 Å². The summed E-state index contributed by atoms with van der Waals surface area (Å²) in [5.41, 5.74) is 0.692. The Morgan fingerprint density at radius 1 is 0.923 bits per heavy atom. The van der Waals surface area contributed by atoms with E-state index in [0.29, 0.717) is 11.1 Å². The molecule has 0 aliphatic rings. The number of pyridine rings is 1. The van der Waals surface area contributed by atoms with Crippen LogP contribution in [-0.2, 0) is 33.2 Å². The Balaban J connectivity index is 0.000000209. The summed E-state index contributed by atoms with van der Waals surface area (Å²) >= 11 is 0. The first kappa shape index (κ1) is 30.9. The molecule has 0 unspecified atom stereocenters. The molecule has 39 heavy (non-hydrogen) atoms. The van der Waals surface area contributed by atoms with Crippen molar-refractivity contribution in [1.29, 1.82) is 0 Å². The molecule has 0 aliphatic heterocycles. The van der Waals surface area contributed by atoms with Crippen LogP contribution < -0.4 is 4.68 Å². The first-order valence-electron chi connectivity index (χ1n) is 10.9. The summed E-state index contributed by atoms with van der Waals surface area (Å²) in [5.74, 6) is -3.42. The molecule has 0 amide bonds. The van der Waals surface area contributed by atoms with Gasteiger partial charge in [-0.25, -0.2) is 14.5 Å². The van der Waals surface area contributed by atoms with Gasteiger partial charge < -0.3 is 5.11 Å². The molecule has 0 fully saturated rings. The maximum absolute atomic E-state index is 13.3. The van der Waals surface area contributed by atoms with Gasteiger partial charge in [-0.15, -0.1) is 35.4 Å². The molecule has 5 aromatic rings. The molecule has 0 atom stereocenters. The van der Waals surface area contributed by atoms with Gasteiger partial charge in [0.1, 0.15) is 5.69 Å². The molecule has 0 aliphatic carbocycles. The van der Waals surface area contributed by atoms with Crippen LogP contribution in [0.25, 0.3) is 0 Å². The summed E-state index contributed by atoms with van der Waals surface area (Å²) in [5, 5.41) is 12.2. The number of halogens is 4. The quantitative estimate of drug-likeness (QED) is 0.167. The maximum atomic E-state index is 13.3. The summed E-state index contributed by atoms with van der Waals surface area (Å²) in [6.07, 6.45) is 8.24. The average Bonchev–Trinajstić information content (AvgIpc) is 3.56. The fourth-order valence-electron chi connectivity index (χ4n) is 2.95. The van der Waals surface area contributed by atoms with E-state index >= 15 is 0 Å². The molecule has 0 saturated carbocycles. The number of nitrogens with zero attached hydrogens (tertiary/aromatic N) is 5. The monoisotopic (exact) mass is 716 g/mol. The molecule has 7 nitrogen and oxygen atoms in total. The van der Waals surface area contributed by atoms with Crippen molar-refractivity contribution in [3.05, 3.63) is 145 Å². The van der Waals surface area contributed by atoms with Crippen molar-refractivity contribution in [2.45, 2.75) is 13.1 Å². The van der Waals surface area contributed by atoms with Crippen LogP contribution in [-0.4, -0.2) is 30.5 Å². The Bertz CT molecular complexity index is 1460. The zero-order valence-corrected chi connectivity index (χ0v) is 22.5. The first-order chi connectivity index (χ1) is 18.2. The van der Waals surface area contributed by atoms with Crippen LogP contribution in [0.3, 0.4) is 0 Å². The van der Waals surface area contributed by atoms with Crippen LogP contribution in [0.15, 0.2) is 85.6 Å². The van der Waals surface area contributed by atoms with E-state index in [4.69, 9.17) is 5.11 Å². The van der Waals surface area contributed by atoms with E-state index in [2.05, 4.69) is 29.3 Å². The Morgan fingerprint density at radius 2 is 1.56 bits per heavy atom. The number of carboxylic acids is 1. The minimum Gasteiger partial charge on any atom is -0.477 e. The van der Waals surface area contributed by atoms with E-state index in [9.17, 15) is 22.4 Å². The van der Waals surface area contributed by atoms with Gasteiger partial charge in [0.15, 0.2) is 0 Å². The number of hydrogen-bond donors (Lipinski definition) is 1. The molecule has 3 heterocycles. The molecule has 0 radical (unpaired) electrons. The van der Waals surface area contributed by atoms with Gasteiger partial charge in [-0.1, -0.05) is 12.1 Å².